The molecule has 0 aliphatic carbocycles. The van der Waals surface area contributed by atoms with Crippen LogP contribution in [0.15, 0.2) is 60.9 Å². The molecule has 0 unspecified atom stereocenters. The van der Waals surface area contributed by atoms with Gasteiger partial charge in [-0.3, -0.25) is 4.79 Å². The number of nitrogens with zero attached hydrogens (tertiary/aromatic N) is 3. The zero-order valence-corrected chi connectivity index (χ0v) is 25.0. The number of amides is 1. The summed E-state index contributed by atoms with van der Waals surface area (Å²) in [6.07, 6.45) is 9.97. The highest BCUT2D eigenvalue weighted by molar-refractivity contribution is 5.87. The zero-order chi connectivity index (χ0) is 30.0. The number of carbonyl (C=O) groups is 2. The molecule has 3 rings (SSSR count). The van der Waals surface area contributed by atoms with E-state index in [-0.39, 0.29) is 6.42 Å². The lowest BCUT2D eigenvalue weighted by Gasteiger charge is -2.40. The van der Waals surface area contributed by atoms with Crippen LogP contribution in [0.25, 0.3) is 22.5 Å². The Hall–Kier alpha value is -3.78. The number of benzene rings is 2. The third kappa shape index (κ3) is 9.11. The average molecular weight is 561 g/mol. The Morgan fingerprint density at radius 1 is 0.902 bits per heavy atom. The highest BCUT2D eigenvalue weighted by atomic mass is 16.5. The van der Waals surface area contributed by atoms with Gasteiger partial charge in [0.15, 0.2) is 5.82 Å². The second-order valence-corrected chi connectivity index (χ2v) is 11.5. The molecule has 3 aromatic rings. The van der Waals surface area contributed by atoms with Gasteiger partial charge in [-0.05, 0) is 63.8 Å². The third-order valence-corrected chi connectivity index (χ3v) is 7.05. The highest BCUT2D eigenvalue weighted by Gasteiger charge is 2.36. The van der Waals surface area contributed by atoms with Crippen LogP contribution in [0.4, 0.5) is 0 Å². The van der Waals surface area contributed by atoms with Crippen molar-refractivity contribution >= 4 is 11.9 Å². The maximum Gasteiger partial charge on any atom is 0.326 e. The molecule has 8 nitrogen and oxygen atoms in total. The Kier molecular flexibility index (Phi) is 11.4. The topological polar surface area (TPSA) is 119 Å². The standard InChI is InChI=1S/C33H44N4O4/c1-6-7-8-9-10-19-41-28-17-15-25(16-18-28)27-21-35-30(36-22-27)26-13-11-24(12-14-26)20-29(34)31(38)37(33(3,4)5)23(2)32(39)40/h11-18,21-23,29H,6-10,19-20,34H2,1-5H3,(H,39,40)/t23-,29+/m1/s1. The molecule has 0 spiro atoms. The van der Waals surface area contributed by atoms with Crippen LogP contribution in [0.3, 0.4) is 0 Å². The van der Waals surface area contributed by atoms with Gasteiger partial charge in [0.25, 0.3) is 0 Å². The summed E-state index contributed by atoms with van der Waals surface area (Å²) >= 11 is 0. The van der Waals surface area contributed by atoms with Gasteiger partial charge in [-0.15, -0.1) is 0 Å². The number of carboxylic acid groups (broad SMARTS) is 1. The minimum absolute atomic E-state index is 0.288. The van der Waals surface area contributed by atoms with Crippen molar-refractivity contribution in [2.24, 2.45) is 5.73 Å². The monoisotopic (exact) mass is 560 g/mol. The number of ether oxygens (including phenoxy) is 1. The summed E-state index contributed by atoms with van der Waals surface area (Å²) in [5.41, 5.74) is 9.21. The Morgan fingerprint density at radius 3 is 2.05 bits per heavy atom. The quantitative estimate of drug-likeness (QED) is 0.228. The van der Waals surface area contributed by atoms with Crippen LogP contribution >= 0.6 is 0 Å². The van der Waals surface area contributed by atoms with E-state index in [9.17, 15) is 14.7 Å². The van der Waals surface area contributed by atoms with Gasteiger partial charge in [-0.1, -0.05) is 69.0 Å². The Morgan fingerprint density at radius 2 is 1.49 bits per heavy atom. The van der Waals surface area contributed by atoms with Crippen LogP contribution < -0.4 is 10.5 Å². The minimum Gasteiger partial charge on any atom is -0.494 e. The summed E-state index contributed by atoms with van der Waals surface area (Å²) < 4.78 is 5.86. The van der Waals surface area contributed by atoms with Crippen molar-refractivity contribution in [1.29, 1.82) is 0 Å². The summed E-state index contributed by atoms with van der Waals surface area (Å²) in [5, 5.41) is 9.47. The zero-order valence-electron chi connectivity index (χ0n) is 25.0. The first-order valence-electron chi connectivity index (χ1n) is 14.5. The van der Waals surface area contributed by atoms with Gasteiger partial charge in [-0.25, -0.2) is 14.8 Å². The van der Waals surface area contributed by atoms with Gasteiger partial charge in [0.2, 0.25) is 5.91 Å². The van der Waals surface area contributed by atoms with Crippen molar-refractivity contribution in [3.8, 4) is 28.3 Å². The van der Waals surface area contributed by atoms with Gasteiger partial charge in [0, 0.05) is 29.1 Å². The number of hydrogen-bond acceptors (Lipinski definition) is 6. The fourth-order valence-corrected chi connectivity index (χ4v) is 4.79. The lowest BCUT2D eigenvalue weighted by Crippen LogP contribution is -2.58. The van der Waals surface area contributed by atoms with E-state index in [1.165, 1.54) is 37.5 Å². The van der Waals surface area contributed by atoms with E-state index < -0.39 is 29.5 Å². The van der Waals surface area contributed by atoms with E-state index in [1.54, 1.807) is 33.2 Å². The predicted octanol–water partition coefficient (Wildman–Crippen LogP) is 6.13. The molecule has 1 amide bonds. The summed E-state index contributed by atoms with van der Waals surface area (Å²) in [6, 6.07) is 13.7. The first kappa shape index (κ1) is 31.7. The van der Waals surface area contributed by atoms with Crippen LogP contribution in [0.5, 0.6) is 5.75 Å². The number of aromatic nitrogens is 2. The van der Waals surface area contributed by atoms with Crippen molar-refractivity contribution < 1.29 is 19.4 Å². The van der Waals surface area contributed by atoms with Crippen molar-refractivity contribution in [2.75, 3.05) is 6.61 Å². The first-order valence-corrected chi connectivity index (χ1v) is 14.5. The molecule has 3 N–H and O–H groups in total. The van der Waals surface area contributed by atoms with E-state index in [0.717, 1.165) is 41.0 Å². The molecule has 1 heterocycles. The van der Waals surface area contributed by atoms with Gasteiger partial charge in [0.05, 0.1) is 12.6 Å². The minimum atomic E-state index is -1.06. The van der Waals surface area contributed by atoms with Gasteiger partial charge in [0.1, 0.15) is 11.8 Å². The molecule has 0 aliphatic rings. The van der Waals surface area contributed by atoms with Crippen LogP contribution in [0.1, 0.15) is 72.3 Å². The maximum absolute atomic E-state index is 13.1. The summed E-state index contributed by atoms with van der Waals surface area (Å²) in [6.45, 7) is 9.86. The van der Waals surface area contributed by atoms with Crippen LogP contribution in [0.2, 0.25) is 0 Å². The highest BCUT2D eigenvalue weighted by Crippen LogP contribution is 2.24. The second-order valence-electron chi connectivity index (χ2n) is 11.5. The Bertz CT molecular complexity index is 1250. The van der Waals surface area contributed by atoms with Crippen molar-refractivity contribution in [1.82, 2.24) is 14.9 Å². The number of carbonyl (C=O) groups excluding carboxylic acids is 1. The Labute approximate surface area is 244 Å². The molecule has 2 aromatic carbocycles. The molecule has 0 fully saturated rings. The van der Waals surface area contributed by atoms with Crippen molar-refractivity contribution in [3.05, 3.63) is 66.5 Å². The van der Waals surface area contributed by atoms with Gasteiger partial charge in [-0.2, -0.15) is 0 Å². The molecule has 220 valence electrons. The van der Waals surface area contributed by atoms with E-state index in [1.807, 2.05) is 48.5 Å². The molecule has 0 aliphatic heterocycles. The van der Waals surface area contributed by atoms with E-state index in [2.05, 4.69) is 16.9 Å². The van der Waals surface area contributed by atoms with Gasteiger partial charge >= 0.3 is 5.97 Å². The summed E-state index contributed by atoms with van der Waals surface area (Å²) in [7, 11) is 0. The largest absolute Gasteiger partial charge is 0.494 e. The second kappa shape index (κ2) is 14.7. The SMILES string of the molecule is CCCCCCCOc1ccc(-c2cnc(-c3ccc(C[C@H](N)C(=O)N([C@H](C)C(=O)O)C(C)(C)C)cc3)nc2)cc1. The number of unbranched alkanes of at least 4 members (excludes halogenated alkanes) is 4. The molecule has 0 saturated heterocycles. The van der Waals surface area contributed by atoms with E-state index in [4.69, 9.17) is 10.5 Å². The maximum atomic E-state index is 13.1. The molecular formula is C33H44N4O4. The number of nitrogens with two attached hydrogens (primary N) is 1. The van der Waals surface area contributed by atoms with Gasteiger partial charge < -0.3 is 20.5 Å². The van der Waals surface area contributed by atoms with Crippen LogP contribution in [0, 0.1) is 0 Å². The van der Waals surface area contributed by atoms with Crippen LogP contribution in [-0.2, 0) is 16.0 Å². The summed E-state index contributed by atoms with van der Waals surface area (Å²) in [4.78, 5) is 35.1. The number of carboxylic acids is 1. The van der Waals surface area contributed by atoms with E-state index >= 15 is 0 Å². The number of aliphatic carboxylic acids is 1. The first-order chi connectivity index (χ1) is 19.5. The molecule has 8 heteroatoms. The van der Waals surface area contributed by atoms with E-state index in [0.29, 0.717) is 5.82 Å². The number of hydrogen-bond donors (Lipinski definition) is 2. The van der Waals surface area contributed by atoms with Crippen molar-refractivity contribution in [2.45, 2.75) is 90.8 Å². The fraction of sp³-hybridized carbons (Fsp3) is 0.455. The molecule has 1 aromatic heterocycles. The molecule has 41 heavy (non-hydrogen) atoms. The predicted molar refractivity (Wildman–Crippen MR) is 163 cm³/mol. The third-order valence-electron chi connectivity index (χ3n) is 7.05. The molecule has 0 radical (unpaired) electrons. The lowest BCUT2D eigenvalue weighted by molar-refractivity contribution is -0.154. The Balaban J connectivity index is 1.58. The smallest absolute Gasteiger partial charge is 0.326 e. The fourth-order valence-electron chi connectivity index (χ4n) is 4.79. The average Bonchev–Trinajstić information content (AvgIpc) is 2.95. The lowest BCUT2D eigenvalue weighted by atomic mass is 9.98. The summed E-state index contributed by atoms with van der Waals surface area (Å²) in [5.74, 6) is 0.00599. The normalized spacial score (nSPS) is 12.9. The van der Waals surface area contributed by atoms with Crippen LogP contribution in [-0.4, -0.2) is 56.1 Å². The molecule has 0 bridgehead atoms. The molecule has 2 atom stereocenters. The number of rotatable bonds is 14. The molecule has 0 saturated carbocycles. The molecular weight excluding hydrogens is 516 g/mol. The van der Waals surface area contributed by atoms with Crippen molar-refractivity contribution in [3.63, 3.8) is 0 Å².